The third kappa shape index (κ3) is 2.90. The lowest BCUT2D eigenvalue weighted by atomic mass is 10.0. The van der Waals surface area contributed by atoms with Crippen molar-refractivity contribution in [1.82, 2.24) is 0 Å². The molecule has 0 aliphatic rings. The molecule has 0 saturated carbocycles. The van der Waals surface area contributed by atoms with E-state index < -0.39 is 16.5 Å². The molecule has 0 bridgehead atoms. The van der Waals surface area contributed by atoms with E-state index >= 15 is 0 Å². The van der Waals surface area contributed by atoms with Crippen LogP contribution in [0.4, 0.5) is 8.78 Å². The van der Waals surface area contributed by atoms with Crippen LogP contribution in [0.3, 0.4) is 0 Å². The molecule has 18 heavy (non-hydrogen) atoms. The van der Waals surface area contributed by atoms with Crippen molar-refractivity contribution >= 4 is 27.5 Å². The van der Waals surface area contributed by atoms with Gasteiger partial charge in [0.1, 0.15) is 11.6 Å². The second-order valence-corrected chi connectivity index (χ2v) is 5.41. The van der Waals surface area contributed by atoms with Gasteiger partial charge in [-0.1, -0.05) is 51.8 Å². The number of rotatable bonds is 3. The first kappa shape index (κ1) is 13.5. The average molecular weight is 332 g/mol. The fraction of sp³-hybridized carbons (Fsp3) is 0.143. The zero-order chi connectivity index (χ0) is 13.1. The molecule has 2 aromatic carbocycles. The summed E-state index contributed by atoms with van der Waals surface area (Å²) in [6, 6.07) is 11.1. The molecule has 0 N–H and O–H groups in total. The van der Waals surface area contributed by atoms with E-state index in [1.165, 1.54) is 18.2 Å². The molecule has 0 amide bonds. The van der Waals surface area contributed by atoms with Crippen molar-refractivity contribution in [2.75, 3.05) is 0 Å². The van der Waals surface area contributed by atoms with E-state index in [2.05, 4.69) is 15.9 Å². The van der Waals surface area contributed by atoms with Crippen LogP contribution >= 0.6 is 27.5 Å². The van der Waals surface area contributed by atoms with Gasteiger partial charge in [-0.15, -0.1) is 0 Å². The Bertz CT molecular complexity index is 537. The van der Waals surface area contributed by atoms with Gasteiger partial charge >= 0.3 is 0 Å². The van der Waals surface area contributed by atoms with Gasteiger partial charge in [0.2, 0.25) is 0 Å². The third-order valence-corrected chi connectivity index (χ3v) is 3.82. The minimum Gasteiger partial charge on any atom is -0.207 e. The number of alkyl halides is 1. The first-order chi connectivity index (χ1) is 8.59. The molecule has 0 spiro atoms. The van der Waals surface area contributed by atoms with Gasteiger partial charge in [-0.05, 0) is 30.2 Å². The minimum atomic E-state index is -0.552. The summed E-state index contributed by atoms with van der Waals surface area (Å²) in [6.07, 6.45) is 0.428. The summed E-state index contributed by atoms with van der Waals surface area (Å²) in [5.41, 5.74) is 0.890. The summed E-state index contributed by atoms with van der Waals surface area (Å²) in [5, 5.41) is 0.596. The topological polar surface area (TPSA) is 0 Å². The van der Waals surface area contributed by atoms with E-state index in [0.717, 1.165) is 5.56 Å². The van der Waals surface area contributed by atoms with Crippen LogP contribution in [0.2, 0.25) is 5.02 Å². The molecule has 0 fully saturated rings. The lowest BCUT2D eigenvalue weighted by Crippen LogP contribution is -2.02. The first-order valence-corrected chi connectivity index (χ1v) is 6.70. The van der Waals surface area contributed by atoms with Gasteiger partial charge < -0.3 is 0 Å². The van der Waals surface area contributed by atoms with Crippen molar-refractivity contribution in [2.45, 2.75) is 11.2 Å². The normalized spacial score (nSPS) is 12.4. The van der Waals surface area contributed by atoms with Crippen LogP contribution in [0.5, 0.6) is 0 Å². The third-order valence-electron chi connectivity index (χ3n) is 2.67. The predicted octanol–water partition coefficient (Wildman–Crippen LogP) is 5.30. The molecular formula is C14H10BrClF2. The Hall–Kier alpha value is -0.930. The van der Waals surface area contributed by atoms with Crippen LogP contribution in [0.1, 0.15) is 16.0 Å². The summed E-state index contributed by atoms with van der Waals surface area (Å²) < 4.78 is 27.2. The van der Waals surface area contributed by atoms with E-state index in [1.807, 2.05) is 18.2 Å². The van der Waals surface area contributed by atoms with E-state index in [-0.39, 0.29) is 5.56 Å². The molecule has 0 saturated heterocycles. The number of hydrogen-bond donors (Lipinski definition) is 0. The number of halogens is 4. The SMILES string of the molecule is Fc1cccc(F)c1C(Br)Cc1ccccc1Cl. The number of benzene rings is 2. The van der Waals surface area contributed by atoms with Crippen LogP contribution in [0.15, 0.2) is 42.5 Å². The van der Waals surface area contributed by atoms with Crippen molar-refractivity contribution in [3.8, 4) is 0 Å². The molecular weight excluding hydrogens is 322 g/mol. The maximum absolute atomic E-state index is 13.6. The quantitative estimate of drug-likeness (QED) is 0.670. The highest BCUT2D eigenvalue weighted by Crippen LogP contribution is 2.32. The summed E-state index contributed by atoms with van der Waals surface area (Å²) in [5.74, 6) is -1.10. The predicted molar refractivity (Wildman–Crippen MR) is 73.2 cm³/mol. The Labute approximate surface area is 118 Å². The molecule has 2 aromatic rings. The highest BCUT2D eigenvalue weighted by molar-refractivity contribution is 9.09. The Balaban J connectivity index is 2.28. The van der Waals surface area contributed by atoms with Crippen molar-refractivity contribution < 1.29 is 8.78 Å². The Morgan fingerprint density at radius 3 is 2.22 bits per heavy atom. The lowest BCUT2D eigenvalue weighted by molar-refractivity contribution is 0.553. The Morgan fingerprint density at radius 1 is 1.00 bits per heavy atom. The van der Waals surface area contributed by atoms with E-state index in [9.17, 15) is 8.78 Å². The first-order valence-electron chi connectivity index (χ1n) is 5.41. The van der Waals surface area contributed by atoms with Gasteiger partial charge in [-0.3, -0.25) is 0 Å². The van der Waals surface area contributed by atoms with Crippen molar-refractivity contribution in [3.63, 3.8) is 0 Å². The monoisotopic (exact) mass is 330 g/mol. The van der Waals surface area contributed by atoms with Crippen molar-refractivity contribution in [2.24, 2.45) is 0 Å². The molecule has 2 rings (SSSR count). The zero-order valence-electron chi connectivity index (χ0n) is 9.34. The molecule has 1 unspecified atom stereocenters. The maximum Gasteiger partial charge on any atom is 0.130 e. The zero-order valence-corrected chi connectivity index (χ0v) is 11.7. The maximum atomic E-state index is 13.6. The average Bonchev–Trinajstić information content (AvgIpc) is 2.32. The highest BCUT2D eigenvalue weighted by Gasteiger charge is 2.18. The Morgan fingerprint density at radius 2 is 1.61 bits per heavy atom. The molecule has 0 heterocycles. The molecule has 0 nitrogen and oxygen atoms in total. The lowest BCUT2D eigenvalue weighted by Gasteiger charge is -2.13. The van der Waals surface area contributed by atoms with Crippen LogP contribution < -0.4 is 0 Å². The molecule has 94 valence electrons. The molecule has 0 aliphatic carbocycles. The van der Waals surface area contributed by atoms with Gasteiger partial charge in [0.15, 0.2) is 0 Å². The minimum absolute atomic E-state index is 0.0393. The van der Waals surface area contributed by atoms with Crippen LogP contribution in [-0.2, 0) is 6.42 Å². The van der Waals surface area contributed by atoms with Gasteiger partial charge in [0, 0.05) is 15.4 Å². The van der Waals surface area contributed by atoms with Crippen LogP contribution in [-0.4, -0.2) is 0 Å². The van der Waals surface area contributed by atoms with Crippen molar-refractivity contribution in [1.29, 1.82) is 0 Å². The molecule has 0 aliphatic heterocycles. The van der Waals surface area contributed by atoms with Crippen molar-refractivity contribution in [3.05, 3.63) is 70.2 Å². The molecule has 4 heteroatoms. The smallest absolute Gasteiger partial charge is 0.130 e. The van der Waals surface area contributed by atoms with Crippen LogP contribution in [0.25, 0.3) is 0 Å². The summed E-state index contributed by atoms with van der Waals surface area (Å²) >= 11 is 9.35. The summed E-state index contributed by atoms with van der Waals surface area (Å²) in [6.45, 7) is 0. The number of hydrogen-bond acceptors (Lipinski definition) is 0. The Kier molecular flexibility index (Phi) is 4.36. The molecule has 0 radical (unpaired) electrons. The van der Waals surface area contributed by atoms with Crippen LogP contribution in [0, 0.1) is 11.6 Å². The molecule has 1 atom stereocenters. The standard InChI is InChI=1S/C14H10BrClF2/c15-10(8-9-4-1-2-5-11(9)16)14-12(17)6-3-7-13(14)18/h1-7,10H,8H2. The van der Waals surface area contributed by atoms with Gasteiger partial charge in [-0.2, -0.15) is 0 Å². The largest absolute Gasteiger partial charge is 0.207 e. The second-order valence-electron chi connectivity index (χ2n) is 3.90. The fourth-order valence-electron chi connectivity index (χ4n) is 1.77. The van der Waals surface area contributed by atoms with E-state index in [1.54, 1.807) is 6.07 Å². The van der Waals surface area contributed by atoms with Gasteiger partial charge in [-0.25, -0.2) is 8.78 Å². The summed E-state index contributed by atoms with van der Waals surface area (Å²) in [7, 11) is 0. The van der Waals surface area contributed by atoms with Gasteiger partial charge in [0.05, 0.1) is 0 Å². The molecule has 0 aromatic heterocycles. The summed E-state index contributed by atoms with van der Waals surface area (Å²) in [4.78, 5) is -0.446. The highest BCUT2D eigenvalue weighted by atomic mass is 79.9. The van der Waals surface area contributed by atoms with E-state index in [4.69, 9.17) is 11.6 Å². The fourth-order valence-corrected chi connectivity index (χ4v) is 2.77. The van der Waals surface area contributed by atoms with E-state index in [0.29, 0.717) is 11.4 Å². The second kappa shape index (κ2) is 5.81. The van der Waals surface area contributed by atoms with Gasteiger partial charge in [0.25, 0.3) is 0 Å².